The van der Waals surface area contributed by atoms with Crippen molar-refractivity contribution >= 4 is 16.8 Å². The van der Waals surface area contributed by atoms with Crippen LogP contribution in [-0.4, -0.2) is 28.4 Å². The fourth-order valence-electron chi connectivity index (χ4n) is 5.04. The number of amides is 1. The number of rotatable bonds is 1. The van der Waals surface area contributed by atoms with Gasteiger partial charge in [0.2, 0.25) is 0 Å². The number of H-pyrrole nitrogens is 1. The second kappa shape index (κ2) is 4.37. The monoisotopic (exact) mass is 296 g/mol. The topological polar surface area (TPSA) is 36.1 Å². The van der Waals surface area contributed by atoms with E-state index in [1.54, 1.807) is 0 Å². The zero-order chi connectivity index (χ0) is 15.5. The van der Waals surface area contributed by atoms with E-state index in [1.165, 1.54) is 6.42 Å². The molecule has 2 heterocycles. The first kappa shape index (κ1) is 13.9. The molecule has 1 aliphatic heterocycles. The van der Waals surface area contributed by atoms with E-state index in [1.807, 2.05) is 24.3 Å². The second-order valence-electron chi connectivity index (χ2n) is 8.42. The maximum absolute atomic E-state index is 13.0. The normalized spacial score (nSPS) is 30.0. The molecule has 2 aromatic rings. The fraction of sp³-hybridized carbons (Fsp3) is 0.526. The zero-order valence-corrected chi connectivity index (χ0v) is 13.6. The number of carbonyl (C=O) groups is 1. The number of nitrogens with zero attached hydrogens (tertiary/aromatic N) is 1. The van der Waals surface area contributed by atoms with Crippen molar-refractivity contribution in [1.82, 2.24) is 9.88 Å². The van der Waals surface area contributed by atoms with Crippen LogP contribution in [0.15, 0.2) is 30.3 Å². The first-order chi connectivity index (χ1) is 10.4. The van der Waals surface area contributed by atoms with E-state index >= 15 is 0 Å². The van der Waals surface area contributed by atoms with Gasteiger partial charge in [-0.25, -0.2) is 0 Å². The van der Waals surface area contributed by atoms with E-state index in [0.29, 0.717) is 11.5 Å². The number of aromatic amines is 1. The molecule has 3 heteroatoms. The van der Waals surface area contributed by atoms with Crippen molar-refractivity contribution in [3.8, 4) is 0 Å². The molecule has 0 spiro atoms. The van der Waals surface area contributed by atoms with Gasteiger partial charge in [-0.2, -0.15) is 0 Å². The Labute approximate surface area is 131 Å². The Balaban J connectivity index is 1.66. The van der Waals surface area contributed by atoms with Crippen molar-refractivity contribution in [3.05, 3.63) is 36.0 Å². The molecule has 22 heavy (non-hydrogen) atoms. The average molecular weight is 296 g/mol. The van der Waals surface area contributed by atoms with Crippen LogP contribution in [0.1, 0.15) is 50.5 Å². The maximum Gasteiger partial charge on any atom is 0.270 e. The van der Waals surface area contributed by atoms with Crippen LogP contribution in [0.3, 0.4) is 0 Å². The van der Waals surface area contributed by atoms with Crippen molar-refractivity contribution in [2.75, 3.05) is 6.54 Å². The van der Waals surface area contributed by atoms with Crippen molar-refractivity contribution in [3.63, 3.8) is 0 Å². The summed E-state index contributed by atoms with van der Waals surface area (Å²) in [4.78, 5) is 18.4. The van der Waals surface area contributed by atoms with Crippen LogP contribution in [0.2, 0.25) is 0 Å². The molecular formula is C19H24N2O. The van der Waals surface area contributed by atoms with Gasteiger partial charge < -0.3 is 9.88 Å². The van der Waals surface area contributed by atoms with E-state index in [2.05, 4.69) is 36.7 Å². The van der Waals surface area contributed by atoms with Gasteiger partial charge in [0.15, 0.2) is 0 Å². The molecule has 1 saturated heterocycles. The lowest BCUT2D eigenvalue weighted by Crippen LogP contribution is -2.37. The van der Waals surface area contributed by atoms with Gasteiger partial charge in [-0.15, -0.1) is 0 Å². The van der Waals surface area contributed by atoms with Gasteiger partial charge in [-0.3, -0.25) is 4.79 Å². The molecular weight excluding hydrogens is 272 g/mol. The van der Waals surface area contributed by atoms with Crippen LogP contribution < -0.4 is 0 Å². The predicted octanol–water partition coefficient (Wildman–Crippen LogP) is 4.21. The summed E-state index contributed by atoms with van der Waals surface area (Å²) >= 11 is 0. The van der Waals surface area contributed by atoms with Crippen molar-refractivity contribution < 1.29 is 4.79 Å². The second-order valence-corrected chi connectivity index (χ2v) is 8.42. The third-order valence-corrected chi connectivity index (χ3v) is 5.44. The standard InChI is InChI=1S/C19H24N2O/c1-18(2)9-14-10-19(3,11-18)12-21(14)17(22)16-8-13-6-4-5-7-15(13)20-16/h4-8,14,20H,9-12H2,1-3H3. The maximum atomic E-state index is 13.0. The molecule has 2 bridgehead atoms. The molecule has 2 fully saturated rings. The summed E-state index contributed by atoms with van der Waals surface area (Å²) in [5.41, 5.74) is 2.40. The smallest absolute Gasteiger partial charge is 0.270 e. The molecule has 1 aromatic carbocycles. The molecule has 0 radical (unpaired) electrons. The highest BCUT2D eigenvalue weighted by molar-refractivity contribution is 5.98. The van der Waals surface area contributed by atoms with Crippen LogP contribution >= 0.6 is 0 Å². The summed E-state index contributed by atoms with van der Waals surface area (Å²) < 4.78 is 0. The first-order valence-electron chi connectivity index (χ1n) is 8.24. The highest BCUT2D eigenvalue weighted by Gasteiger charge is 2.51. The average Bonchev–Trinajstić information content (AvgIpc) is 2.95. The lowest BCUT2D eigenvalue weighted by atomic mass is 9.65. The molecule has 1 aliphatic carbocycles. The third kappa shape index (κ3) is 2.15. The third-order valence-electron chi connectivity index (χ3n) is 5.44. The summed E-state index contributed by atoms with van der Waals surface area (Å²) in [6, 6.07) is 10.5. The predicted molar refractivity (Wildman–Crippen MR) is 88.9 cm³/mol. The SMILES string of the molecule is CC1(C)CC2CC(C)(CN2C(=O)c2cc3ccccc3[nH]2)C1. The van der Waals surface area contributed by atoms with Gasteiger partial charge in [-0.1, -0.05) is 39.0 Å². The van der Waals surface area contributed by atoms with E-state index in [9.17, 15) is 4.79 Å². The summed E-state index contributed by atoms with van der Waals surface area (Å²) in [5, 5.41) is 1.11. The molecule has 3 nitrogen and oxygen atoms in total. The molecule has 4 rings (SSSR count). The number of hydrogen-bond acceptors (Lipinski definition) is 1. The molecule has 2 atom stereocenters. The number of hydrogen-bond donors (Lipinski definition) is 1. The Hall–Kier alpha value is -1.77. The number of likely N-dealkylation sites (tertiary alicyclic amines) is 1. The van der Waals surface area contributed by atoms with Gasteiger partial charge in [0.1, 0.15) is 5.69 Å². The minimum atomic E-state index is 0.169. The highest BCUT2D eigenvalue weighted by atomic mass is 16.2. The van der Waals surface area contributed by atoms with Gasteiger partial charge in [-0.05, 0) is 42.2 Å². The molecule has 1 amide bonds. The quantitative estimate of drug-likeness (QED) is 0.841. The van der Waals surface area contributed by atoms with Crippen molar-refractivity contribution in [2.45, 2.75) is 46.1 Å². The summed E-state index contributed by atoms with van der Waals surface area (Å²) in [5.74, 6) is 0.169. The zero-order valence-electron chi connectivity index (χ0n) is 13.6. The van der Waals surface area contributed by atoms with Crippen molar-refractivity contribution in [2.24, 2.45) is 10.8 Å². The molecule has 2 unspecified atom stereocenters. The van der Waals surface area contributed by atoms with Gasteiger partial charge in [0.05, 0.1) is 0 Å². The first-order valence-corrected chi connectivity index (χ1v) is 8.24. The number of fused-ring (bicyclic) bond motifs is 3. The van der Waals surface area contributed by atoms with Crippen LogP contribution in [0.5, 0.6) is 0 Å². The molecule has 1 saturated carbocycles. The van der Waals surface area contributed by atoms with Crippen LogP contribution in [0, 0.1) is 10.8 Å². The number of aromatic nitrogens is 1. The van der Waals surface area contributed by atoms with Crippen LogP contribution in [0.4, 0.5) is 0 Å². The largest absolute Gasteiger partial charge is 0.351 e. The van der Waals surface area contributed by atoms with E-state index in [0.717, 1.165) is 36.0 Å². The van der Waals surface area contributed by atoms with Gasteiger partial charge >= 0.3 is 0 Å². The lowest BCUT2D eigenvalue weighted by molar-refractivity contribution is 0.0703. The highest BCUT2D eigenvalue weighted by Crippen LogP contribution is 2.52. The lowest BCUT2D eigenvalue weighted by Gasteiger charge is -2.39. The van der Waals surface area contributed by atoms with Crippen molar-refractivity contribution in [1.29, 1.82) is 0 Å². The summed E-state index contributed by atoms with van der Waals surface area (Å²) in [6.07, 6.45) is 3.49. The Morgan fingerprint density at radius 3 is 2.77 bits per heavy atom. The van der Waals surface area contributed by atoms with Crippen LogP contribution in [-0.2, 0) is 0 Å². The Bertz CT molecular complexity index is 712. The Morgan fingerprint density at radius 2 is 2.00 bits per heavy atom. The summed E-state index contributed by atoms with van der Waals surface area (Å²) in [6.45, 7) is 7.93. The Kier molecular flexibility index (Phi) is 2.76. The number of carbonyl (C=O) groups excluding carboxylic acids is 1. The molecule has 1 N–H and O–H groups in total. The minimum Gasteiger partial charge on any atom is -0.351 e. The molecule has 116 valence electrons. The fourth-order valence-corrected chi connectivity index (χ4v) is 5.04. The number of para-hydroxylation sites is 1. The van der Waals surface area contributed by atoms with E-state index < -0.39 is 0 Å². The number of benzene rings is 1. The van der Waals surface area contributed by atoms with E-state index in [4.69, 9.17) is 0 Å². The van der Waals surface area contributed by atoms with Gasteiger partial charge in [0, 0.05) is 23.5 Å². The van der Waals surface area contributed by atoms with Crippen LogP contribution in [0.25, 0.3) is 10.9 Å². The molecule has 2 aliphatic rings. The van der Waals surface area contributed by atoms with Gasteiger partial charge in [0.25, 0.3) is 5.91 Å². The summed E-state index contributed by atoms with van der Waals surface area (Å²) in [7, 11) is 0. The minimum absolute atomic E-state index is 0.169. The van der Waals surface area contributed by atoms with E-state index in [-0.39, 0.29) is 11.3 Å². The Morgan fingerprint density at radius 1 is 1.23 bits per heavy atom. The molecule has 1 aromatic heterocycles. The number of nitrogens with one attached hydrogen (secondary N) is 1.